The summed E-state index contributed by atoms with van der Waals surface area (Å²) >= 11 is 4.95. The van der Waals surface area contributed by atoms with Crippen molar-refractivity contribution in [3.63, 3.8) is 0 Å². The molecule has 4 nitrogen and oxygen atoms in total. The molecule has 0 saturated carbocycles. The topological polar surface area (TPSA) is 58.4 Å². The smallest absolute Gasteiger partial charge is 0.241 e. The number of thiocarbonyl (C=S) groups is 1. The predicted molar refractivity (Wildman–Crippen MR) is 85.8 cm³/mol. The summed E-state index contributed by atoms with van der Waals surface area (Å²) in [5, 5.41) is 2.94. The Balaban J connectivity index is 1.99. The van der Waals surface area contributed by atoms with Crippen molar-refractivity contribution in [1.82, 2.24) is 4.90 Å². The van der Waals surface area contributed by atoms with Crippen LogP contribution in [-0.4, -0.2) is 34.9 Å². The number of likely N-dealkylation sites (tertiary alicyclic amines) is 1. The molecule has 0 aliphatic carbocycles. The number of piperidine rings is 1. The van der Waals surface area contributed by atoms with Crippen molar-refractivity contribution in [3.05, 3.63) is 29.8 Å². The van der Waals surface area contributed by atoms with Crippen LogP contribution in [0.2, 0.25) is 0 Å². The molecule has 1 aliphatic heterocycles. The summed E-state index contributed by atoms with van der Waals surface area (Å²) in [6.45, 7) is 3.96. The van der Waals surface area contributed by atoms with Crippen molar-refractivity contribution in [2.45, 2.75) is 32.2 Å². The van der Waals surface area contributed by atoms with E-state index in [0.29, 0.717) is 4.99 Å². The largest absolute Gasteiger partial charge is 0.389 e. The number of carbonyl (C=O) groups is 1. The Morgan fingerprint density at radius 1 is 1.35 bits per heavy atom. The SMILES string of the molecule is CC(C(=O)Nc1cccc(C(N)=S)c1)N1CCCCC1. The third-order valence-corrected chi connectivity index (χ3v) is 3.97. The molecule has 0 bridgehead atoms. The van der Waals surface area contributed by atoms with Gasteiger partial charge in [-0.15, -0.1) is 0 Å². The summed E-state index contributed by atoms with van der Waals surface area (Å²) in [4.78, 5) is 14.8. The Bertz CT molecular complexity index is 498. The summed E-state index contributed by atoms with van der Waals surface area (Å²) in [5.41, 5.74) is 7.11. The molecule has 1 aliphatic rings. The molecule has 1 fully saturated rings. The lowest BCUT2D eigenvalue weighted by Crippen LogP contribution is -2.44. The zero-order valence-corrected chi connectivity index (χ0v) is 12.6. The molecule has 1 atom stereocenters. The average molecular weight is 291 g/mol. The molecule has 1 saturated heterocycles. The summed E-state index contributed by atoms with van der Waals surface area (Å²) < 4.78 is 0. The standard InChI is InChI=1S/C15H21N3OS/c1-11(18-8-3-2-4-9-18)15(19)17-13-7-5-6-12(10-13)14(16)20/h5-7,10-11H,2-4,8-9H2,1H3,(H2,16,20)(H,17,19). The van der Waals surface area contributed by atoms with Gasteiger partial charge in [-0.2, -0.15) is 0 Å². The Morgan fingerprint density at radius 3 is 2.70 bits per heavy atom. The highest BCUT2D eigenvalue weighted by Gasteiger charge is 2.22. The van der Waals surface area contributed by atoms with Gasteiger partial charge >= 0.3 is 0 Å². The first kappa shape index (κ1) is 14.9. The van der Waals surface area contributed by atoms with Crippen LogP contribution in [0.1, 0.15) is 31.7 Å². The van der Waals surface area contributed by atoms with Crippen LogP contribution in [0.15, 0.2) is 24.3 Å². The van der Waals surface area contributed by atoms with E-state index in [4.69, 9.17) is 18.0 Å². The first-order valence-corrected chi connectivity index (χ1v) is 7.43. The van der Waals surface area contributed by atoms with E-state index < -0.39 is 0 Å². The highest BCUT2D eigenvalue weighted by Crippen LogP contribution is 2.15. The highest BCUT2D eigenvalue weighted by molar-refractivity contribution is 7.80. The van der Waals surface area contributed by atoms with Crippen LogP contribution in [0.3, 0.4) is 0 Å². The molecule has 1 heterocycles. The summed E-state index contributed by atoms with van der Waals surface area (Å²) in [7, 11) is 0. The lowest BCUT2D eigenvalue weighted by molar-refractivity contribution is -0.121. The van der Waals surface area contributed by atoms with Crippen LogP contribution in [0, 0.1) is 0 Å². The predicted octanol–water partition coefficient (Wildman–Crippen LogP) is 2.13. The Morgan fingerprint density at radius 2 is 2.05 bits per heavy atom. The molecule has 1 aromatic rings. The van der Waals surface area contributed by atoms with Gasteiger partial charge in [0.15, 0.2) is 0 Å². The first-order chi connectivity index (χ1) is 9.58. The molecule has 1 amide bonds. The van der Waals surface area contributed by atoms with Gasteiger partial charge in [-0.3, -0.25) is 9.69 Å². The lowest BCUT2D eigenvalue weighted by Gasteiger charge is -2.31. The quantitative estimate of drug-likeness (QED) is 0.834. The molecule has 0 radical (unpaired) electrons. The second-order valence-corrected chi connectivity index (χ2v) is 5.65. The van der Waals surface area contributed by atoms with E-state index >= 15 is 0 Å². The molecule has 2 rings (SSSR count). The van der Waals surface area contributed by atoms with Crippen LogP contribution in [0.5, 0.6) is 0 Å². The fourth-order valence-electron chi connectivity index (χ4n) is 2.47. The van der Waals surface area contributed by atoms with Gasteiger partial charge in [-0.05, 0) is 45.0 Å². The molecule has 108 valence electrons. The van der Waals surface area contributed by atoms with E-state index in [2.05, 4.69) is 10.2 Å². The van der Waals surface area contributed by atoms with Gasteiger partial charge < -0.3 is 11.1 Å². The number of hydrogen-bond donors (Lipinski definition) is 2. The van der Waals surface area contributed by atoms with E-state index in [1.807, 2.05) is 31.2 Å². The zero-order chi connectivity index (χ0) is 14.5. The van der Waals surface area contributed by atoms with Crippen LogP contribution in [0.4, 0.5) is 5.69 Å². The van der Waals surface area contributed by atoms with Gasteiger partial charge in [-0.25, -0.2) is 0 Å². The number of carbonyl (C=O) groups excluding carboxylic acids is 1. The van der Waals surface area contributed by atoms with Crippen molar-refractivity contribution >= 4 is 28.8 Å². The van der Waals surface area contributed by atoms with E-state index in [1.54, 1.807) is 0 Å². The van der Waals surface area contributed by atoms with Crippen molar-refractivity contribution in [1.29, 1.82) is 0 Å². The van der Waals surface area contributed by atoms with Crippen LogP contribution in [0.25, 0.3) is 0 Å². The van der Waals surface area contributed by atoms with Crippen molar-refractivity contribution in [3.8, 4) is 0 Å². The van der Waals surface area contributed by atoms with Gasteiger partial charge in [0.25, 0.3) is 0 Å². The third-order valence-electron chi connectivity index (χ3n) is 3.73. The minimum absolute atomic E-state index is 0.0204. The molecule has 1 unspecified atom stereocenters. The number of hydrogen-bond acceptors (Lipinski definition) is 3. The highest BCUT2D eigenvalue weighted by atomic mass is 32.1. The van der Waals surface area contributed by atoms with Crippen LogP contribution in [-0.2, 0) is 4.79 Å². The molecule has 0 aromatic heterocycles. The molecule has 1 aromatic carbocycles. The molecule has 20 heavy (non-hydrogen) atoms. The van der Waals surface area contributed by atoms with Gasteiger partial charge in [0, 0.05) is 11.3 Å². The number of amides is 1. The molecule has 3 N–H and O–H groups in total. The zero-order valence-electron chi connectivity index (χ0n) is 11.8. The number of benzene rings is 1. The van der Waals surface area contributed by atoms with E-state index in [-0.39, 0.29) is 11.9 Å². The third kappa shape index (κ3) is 3.77. The lowest BCUT2D eigenvalue weighted by atomic mass is 10.1. The summed E-state index contributed by atoms with van der Waals surface area (Å²) in [6, 6.07) is 7.23. The fraction of sp³-hybridized carbons (Fsp3) is 0.467. The number of nitrogens with one attached hydrogen (secondary N) is 1. The Labute approximate surface area is 125 Å². The second-order valence-electron chi connectivity index (χ2n) is 5.21. The van der Waals surface area contributed by atoms with Crippen LogP contribution >= 0.6 is 12.2 Å². The van der Waals surface area contributed by atoms with E-state index in [0.717, 1.165) is 24.3 Å². The maximum atomic E-state index is 12.3. The molecule has 0 spiro atoms. The van der Waals surface area contributed by atoms with Gasteiger partial charge in [0.1, 0.15) is 4.99 Å². The number of rotatable bonds is 4. The Kier molecular flexibility index (Phi) is 5.09. The van der Waals surface area contributed by atoms with Crippen molar-refractivity contribution in [2.24, 2.45) is 5.73 Å². The van der Waals surface area contributed by atoms with Gasteiger partial charge in [0.05, 0.1) is 6.04 Å². The fourth-order valence-corrected chi connectivity index (χ4v) is 2.60. The molecular weight excluding hydrogens is 270 g/mol. The summed E-state index contributed by atoms with van der Waals surface area (Å²) in [6.07, 6.45) is 3.62. The summed E-state index contributed by atoms with van der Waals surface area (Å²) in [5.74, 6) is 0.0204. The van der Waals surface area contributed by atoms with Crippen molar-refractivity contribution in [2.75, 3.05) is 18.4 Å². The molecular formula is C15H21N3OS. The van der Waals surface area contributed by atoms with Crippen molar-refractivity contribution < 1.29 is 4.79 Å². The number of anilines is 1. The maximum absolute atomic E-state index is 12.3. The van der Waals surface area contributed by atoms with Gasteiger partial charge in [-0.1, -0.05) is 30.8 Å². The second kappa shape index (κ2) is 6.81. The number of nitrogens with two attached hydrogens (primary N) is 1. The van der Waals surface area contributed by atoms with Crippen LogP contribution < -0.4 is 11.1 Å². The Hall–Kier alpha value is -1.46. The first-order valence-electron chi connectivity index (χ1n) is 7.02. The monoisotopic (exact) mass is 291 g/mol. The molecule has 5 heteroatoms. The number of nitrogens with zero attached hydrogens (tertiary/aromatic N) is 1. The van der Waals surface area contributed by atoms with Gasteiger partial charge in [0.2, 0.25) is 5.91 Å². The minimum atomic E-state index is -0.108. The minimum Gasteiger partial charge on any atom is -0.389 e. The average Bonchev–Trinajstić information content (AvgIpc) is 2.47. The maximum Gasteiger partial charge on any atom is 0.241 e. The van der Waals surface area contributed by atoms with E-state index in [9.17, 15) is 4.79 Å². The normalized spacial score (nSPS) is 17.4. The van der Waals surface area contributed by atoms with E-state index in [1.165, 1.54) is 19.3 Å².